The molecule has 0 aliphatic rings. The Hall–Kier alpha value is -2.97. The van der Waals surface area contributed by atoms with Crippen LogP contribution in [-0.2, 0) is 10.6 Å². The fourth-order valence-electron chi connectivity index (χ4n) is 3.84. The Labute approximate surface area is 195 Å². The van der Waals surface area contributed by atoms with Crippen molar-refractivity contribution in [3.05, 3.63) is 114 Å². The maximum Gasteiger partial charge on any atom is 0.135 e. The first-order chi connectivity index (χ1) is 15.7. The Morgan fingerprint density at radius 1 is 0.667 bits per heavy atom. The average Bonchev–Trinajstić information content (AvgIpc) is 2.80. The van der Waals surface area contributed by atoms with Gasteiger partial charge in [0.05, 0.1) is 22.8 Å². The fraction of sp³-hybridized carbons (Fsp3) is 0.214. The highest BCUT2D eigenvalue weighted by molar-refractivity contribution is 7.48. The van der Waals surface area contributed by atoms with E-state index in [4.69, 9.17) is 9.97 Å². The van der Waals surface area contributed by atoms with E-state index in [0.29, 0.717) is 14.3 Å². The lowest BCUT2D eigenvalue weighted by atomic mass is 9.84. The van der Waals surface area contributed by atoms with Gasteiger partial charge in [-0.15, -0.1) is 0 Å². The molecule has 1 unspecified atom stereocenters. The molecule has 0 N–H and O–H groups in total. The Balaban J connectivity index is 1.68. The third-order valence-electron chi connectivity index (χ3n) is 5.86. The van der Waals surface area contributed by atoms with Gasteiger partial charge in [0.15, 0.2) is 0 Å². The van der Waals surface area contributed by atoms with E-state index in [1.54, 1.807) is 6.07 Å². The Morgan fingerprint density at radius 3 is 2.00 bits per heavy atom. The molecule has 2 aromatic heterocycles. The van der Waals surface area contributed by atoms with Gasteiger partial charge in [-0.25, -0.2) is 8.78 Å². The van der Waals surface area contributed by atoms with Gasteiger partial charge in [-0.2, -0.15) is 0 Å². The minimum absolute atomic E-state index is 0.125. The van der Waals surface area contributed by atoms with Crippen molar-refractivity contribution < 1.29 is 8.78 Å². The van der Waals surface area contributed by atoms with E-state index in [9.17, 15) is 8.78 Å². The predicted molar refractivity (Wildman–Crippen MR) is 133 cm³/mol. The summed E-state index contributed by atoms with van der Waals surface area (Å²) in [6.07, 6.45) is 0. The fourth-order valence-corrected chi connectivity index (χ4v) is 5.19. The van der Waals surface area contributed by atoms with E-state index >= 15 is 0 Å². The van der Waals surface area contributed by atoms with E-state index in [1.807, 2.05) is 30.3 Å². The molecule has 1 atom stereocenters. The number of pyridine rings is 2. The molecule has 0 saturated heterocycles. The third-order valence-corrected chi connectivity index (χ3v) is 7.36. The molecule has 33 heavy (non-hydrogen) atoms. The highest BCUT2D eigenvalue weighted by Crippen LogP contribution is 2.40. The molecule has 0 aliphatic heterocycles. The largest absolute Gasteiger partial charge is 0.256 e. The summed E-state index contributed by atoms with van der Waals surface area (Å²) in [5, 5.41) is 1.17. The van der Waals surface area contributed by atoms with Gasteiger partial charge in [0.1, 0.15) is 11.6 Å². The molecule has 4 aromatic rings. The predicted octanol–water partition coefficient (Wildman–Crippen LogP) is 6.99. The summed E-state index contributed by atoms with van der Waals surface area (Å²) < 4.78 is 27.7. The Bertz CT molecular complexity index is 1270. The topological polar surface area (TPSA) is 25.8 Å². The zero-order chi connectivity index (χ0) is 23.6. The highest BCUT2D eigenvalue weighted by atomic mass is 31.1. The van der Waals surface area contributed by atoms with Crippen molar-refractivity contribution in [3.63, 3.8) is 0 Å². The molecule has 0 amide bonds. The minimum atomic E-state index is -0.624. The lowest BCUT2D eigenvalue weighted by Gasteiger charge is -2.29. The smallest absolute Gasteiger partial charge is 0.135 e. The lowest BCUT2D eigenvalue weighted by molar-refractivity contribution is 0.580. The number of halogens is 2. The first kappa shape index (κ1) is 23.2. The minimum Gasteiger partial charge on any atom is -0.256 e. The summed E-state index contributed by atoms with van der Waals surface area (Å²) in [5.41, 5.74) is 2.94. The van der Waals surface area contributed by atoms with Gasteiger partial charge in [-0.3, -0.25) is 9.97 Å². The van der Waals surface area contributed by atoms with Gasteiger partial charge < -0.3 is 0 Å². The Morgan fingerprint density at radius 2 is 1.30 bits per heavy atom. The quantitative estimate of drug-likeness (QED) is 0.290. The van der Waals surface area contributed by atoms with Crippen molar-refractivity contribution in [2.45, 2.75) is 38.3 Å². The van der Waals surface area contributed by atoms with Crippen LogP contribution in [0, 0.1) is 11.6 Å². The maximum absolute atomic E-state index is 14.4. The second-order valence-electron chi connectivity index (χ2n) is 9.18. The number of aromatic nitrogens is 2. The van der Waals surface area contributed by atoms with Crippen molar-refractivity contribution in [1.82, 2.24) is 9.97 Å². The van der Waals surface area contributed by atoms with E-state index in [-0.39, 0.29) is 10.7 Å². The number of benzene rings is 2. The van der Waals surface area contributed by atoms with Gasteiger partial charge in [0.25, 0.3) is 0 Å². The van der Waals surface area contributed by atoms with Crippen molar-refractivity contribution >= 4 is 13.9 Å². The lowest BCUT2D eigenvalue weighted by Crippen LogP contribution is -2.25. The van der Waals surface area contributed by atoms with Crippen LogP contribution in [0.2, 0.25) is 0 Å². The number of hydrogen-bond acceptors (Lipinski definition) is 2. The van der Waals surface area contributed by atoms with Gasteiger partial charge in [-0.05, 0) is 55.6 Å². The molecule has 0 aliphatic carbocycles. The summed E-state index contributed by atoms with van der Waals surface area (Å²) in [5.74, 6) is -1.23. The van der Waals surface area contributed by atoms with Crippen LogP contribution >= 0.6 is 8.58 Å². The van der Waals surface area contributed by atoms with Crippen LogP contribution in [-0.4, -0.2) is 9.97 Å². The molecule has 0 saturated carbocycles. The monoisotopic (exact) mass is 460 g/mol. The molecule has 5 heteroatoms. The zero-order valence-corrected chi connectivity index (χ0v) is 20.2. The van der Waals surface area contributed by atoms with E-state index in [0.717, 1.165) is 23.1 Å². The van der Waals surface area contributed by atoms with Crippen molar-refractivity contribution in [2.24, 2.45) is 0 Å². The molecular formula is C28H27F2N2P. The van der Waals surface area contributed by atoms with Crippen LogP contribution in [0.4, 0.5) is 8.78 Å². The normalized spacial score (nSPS) is 12.4. The van der Waals surface area contributed by atoms with Crippen LogP contribution in [0.5, 0.6) is 0 Å². The molecule has 0 fully saturated rings. The van der Waals surface area contributed by atoms with E-state index < -0.39 is 17.0 Å². The number of hydrogen-bond donors (Lipinski definition) is 0. The van der Waals surface area contributed by atoms with Crippen LogP contribution in [0.3, 0.4) is 0 Å². The molecule has 0 radical (unpaired) electrons. The summed E-state index contributed by atoms with van der Waals surface area (Å²) in [4.78, 5) is 9.80. The zero-order valence-electron chi connectivity index (χ0n) is 19.2. The highest BCUT2D eigenvalue weighted by Gasteiger charge is 2.30. The second-order valence-corrected chi connectivity index (χ2v) is 11.3. The SMILES string of the molecule is CC(C)(Pc1ccccc1)c1cccc(C(C)(C)c2cccc(-c3ccc(F)cc3F)n2)n1. The molecule has 0 spiro atoms. The van der Waals surface area contributed by atoms with Crippen LogP contribution < -0.4 is 5.30 Å². The molecule has 0 bridgehead atoms. The maximum atomic E-state index is 14.4. The van der Waals surface area contributed by atoms with E-state index in [2.05, 4.69) is 58.0 Å². The molecule has 2 aromatic carbocycles. The summed E-state index contributed by atoms with van der Waals surface area (Å²) in [6.45, 7) is 8.57. The van der Waals surface area contributed by atoms with Crippen LogP contribution in [0.1, 0.15) is 44.8 Å². The van der Waals surface area contributed by atoms with Crippen molar-refractivity contribution in [1.29, 1.82) is 0 Å². The molecule has 2 nitrogen and oxygen atoms in total. The van der Waals surface area contributed by atoms with Crippen LogP contribution in [0.25, 0.3) is 11.3 Å². The number of nitrogens with zero attached hydrogens (tertiary/aromatic N) is 2. The third kappa shape index (κ3) is 5.02. The van der Waals surface area contributed by atoms with Gasteiger partial charge in [-0.1, -0.05) is 64.9 Å². The molecule has 168 valence electrons. The van der Waals surface area contributed by atoms with E-state index in [1.165, 1.54) is 17.4 Å². The van der Waals surface area contributed by atoms with Crippen molar-refractivity contribution in [2.75, 3.05) is 0 Å². The van der Waals surface area contributed by atoms with Gasteiger partial charge in [0, 0.05) is 22.2 Å². The number of rotatable bonds is 6. The molecule has 4 rings (SSSR count). The molecular weight excluding hydrogens is 433 g/mol. The summed E-state index contributed by atoms with van der Waals surface area (Å²) in [7, 11) is 0.581. The summed E-state index contributed by atoms with van der Waals surface area (Å²) in [6, 6.07) is 25.7. The standard InChI is InChI=1S/C28H27F2N2P/c1-27(2,24-13-8-12-23(31-24)21-17-16-19(29)18-22(21)30)25-14-9-15-26(32-25)28(3,4)33-20-10-6-5-7-11-20/h5-18,33H,1-4H3. The van der Waals surface area contributed by atoms with Crippen molar-refractivity contribution in [3.8, 4) is 11.3 Å². The Kier molecular flexibility index (Phi) is 6.41. The first-order valence-corrected chi connectivity index (χ1v) is 11.9. The van der Waals surface area contributed by atoms with Gasteiger partial charge >= 0.3 is 0 Å². The van der Waals surface area contributed by atoms with Gasteiger partial charge in [0.2, 0.25) is 0 Å². The van der Waals surface area contributed by atoms with Crippen LogP contribution in [0.15, 0.2) is 84.9 Å². The molecule has 2 heterocycles. The summed E-state index contributed by atoms with van der Waals surface area (Å²) >= 11 is 0. The first-order valence-electron chi connectivity index (χ1n) is 10.9. The second kappa shape index (κ2) is 9.11. The average molecular weight is 461 g/mol.